The maximum absolute atomic E-state index is 9.54. The van der Waals surface area contributed by atoms with Gasteiger partial charge in [0.2, 0.25) is 12.5 Å². The third-order valence-corrected chi connectivity index (χ3v) is 16.5. The first-order valence-corrected chi connectivity index (χ1v) is 25.8. The molecule has 7 N–H and O–H groups in total. The molecule has 2 aliphatic heterocycles. The van der Waals surface area contributed by atoms with E-state index < -0.39 is 12.6 Å². The van der Waals surface area contributed by atoms with E-state index in [1.165, 1.54) is 38.5 Å². The summed E-state index contributed by atoms with van der Waals surface area (Å²) in [5.41, 5.74) is 10.8. The Kier molecular flexibility index (Phi) is 28.5. The van der Waals surface area contributed by atoms with E-state index in [4.69, 9.17) is 66.3 Å². The van der Waals surface area contributed by atoms with Gasteiger partial charge in [-0.1, -0.05) is 48.5 Å². The summed E-state index contributed by atoms with van der Waals surface area (Å²) in [7, 11) is -1.84. The summed E-state index contributed by atoms with van der Waals surface area (Å²) >= 11 is 0. The summed E-state index contributed by atoms with van der Waals surface area (Å²) < 4.78 is 24.9. The first kappa shape index (κ1) is 70.9. The molecule has 14 rings (SSSR count). The number of rotatable bonds is 5. The van der Waals surface area contributed by atoms with Crippen LogP contribution in [0, 0.1) is 115 Å². The Morgan fingerprint density at radius 2 is 1.15 bits per heavy atom. The molecular weight excluding hydrogens is 961 g/mol. The van der Waals surface area contributed by atoms with Crippen LogP contribution in [0.15, 0.2) is 0 Å². The second-order valence-electron chi connectivity index (χ2n) is 22.9. The van der Waals surface area contributed by atoms with Crippen molar-refractivity contribution in [1.29, 1.82) is 0 Å². The second-order valence-corrected chi connectivity index (χ2v) is 22.9. The van der Waals surface area contributed by atoms with Crippen molar-refractivity contribution in [3.8, 4) is 61.2 Å². The van der Waals surface area contributed by atoms with Gasteiger partial charge in [0, 0.05) is 50.6 Å². The van der Waals surface area contributed by atoms with E-state index >= 15 is 0 Å². The maximum atomic E-state index is 9.54. The molecule has 12 aliphatic carbocycles. The minimum atomic E-state index is -1.43. The van der Waals surface area contributed by atoms with Crippen LogP contribution in [0.25, 0.3) is 14.5 Å². The van der Waals surface area contributed by atoms with Crippen LogP contribution in [0.4, 0.5) is 0 Å². The van der Waals surface area contributed by atoms with Crippen molar-refractivity contribution in [2.24, 2.45) is 46.0 Å². The van der Waals surface area contributed by atoms with Gasteiger partial charge in [-0.05, 0) is 152 Å². The smallest absolute Gasteiger partial charge is 0.421 e. The fourth-order valence-electron chi connectivity index (χ4n) is 10.1. The average molecular weight is 1050 g/mol. The van der Waals surface area contributed by atoms with Crippen molar-refractivity contribution >= 4 is 40.2 Å². The molecule has 0 spiro atoms. The number of carbonyl (C=O) groups is 1. The van der Waals surface area contributed by atoms with Crippen molar-refractivity contribution in [2.45, 2.75) is 245 Å². The summed E-state index contributed by atoms with van der Waals surface area (Å²) in [5.74, 6) is 17.6. The molecular formula is C58H92B3ClN6O7. The standard InChI is InChI=1S/C14H20BNO2.C13H22BNO2.C5H4.C4H6BNO2.C4H7NO.C4H5N.C4H6.C3H7N.C3H4.C2H2.2CH4.ClH/c1-12(2)9-7-10(12)11-13(3,8-9)18-15(17-11)14(16-4)5-6-14;1-11(2)8-6-9(11)10-12(3,7-8)17-14(16-10)13(15)4-5-13;1-3-5-4-2;1-6-4(2-3-4)5(7)8;6-3-5-4-1-2-4;1-5-4-2-3-4;1-3-4-2;4-3-1-2-3;1-3-2;1-2;;;/h9-11H,5-8H2,1-3H3;8-10H,4-7,15H2,1-3H3;1H,2H3;7-8H,2-3H2;3-4H,1-2H2,(H,5,6);4H,2-3H2;1-2H3;3H,1-2,4H2;1H,2H3;1-2H;2*1H4;1H/t9?,10-,11+,13-;8?,9-,10+,12-;;;;;;;;;;;/m00.........../s1. The molecule has 12 saturated carbocycles. The first-order valence-electron chi connectivity index (χ1n) is 25.8. The van der Waals surface area contributed by atoms with Gasteiger partial charge in [0.15, 0.2) is 0 Å². The number of carbonyl (C=O) groups excluding carboxylic acids is 1. The van der Waals surface area contributed by atoms with Crippen LogP contribution in [0.1, 0.15) is 187 Å². The molecule has 0 aromatic carbocycles. The van der Waals surface area contributed by atoms with E-state index in [-0.39, 0.29) is 75.8 Å². The Labute approximate surface area is 463 Å². The summed E-state index contributed by atoms with van der Waals surface area (Å²) in [4.78, 5) is 19.7. The Morgan fingerprint density at radius 1 is 0.720 bits per heavy atom. The fraction of sp³-hybridized carbons (Fsp3) is 0.759. The lowest BCUT2D eigenvalue weighted by Gasteiger charge is -2.63. The number of nitrogens with zero attached hydrogens (tertiary/aromatic N) is 3. The van der Waals surface area contributed by atoms with Crippen LogP contribution < -0.4 is 16.8 Å². The summed E-state index contributed by atoms with van der Waals surface area (Å²) in [6.07, 6.45) is 35.9. The zero-order valence-electron chi connectivity index (χ0n) is 45.5. The van der Waals surface area contributed by atoms with Crippen LogP contribution in [0.3, 0.4) is 0 Å². The molecule has 1 amide bonds. The van der Waals surface area contributed by atoms with Crippen LogP contribution in [-0.4, -0.2) is 95.7 Å². The van der Waals surface area contributed by atoms with E-state index in [0.717, 1.165) is 69.6 Å². The van der Waals surface area contributed by atoms with E-state index in [1.807, 2.05) is 13.8 Å². The van der Waals surface area contributed by atoms with Gasteiger partial charge < -0.3 is 60.0 Å². The number of hydrogen-bond donors (Lipinski definition) is 5. The third kappa shape index (κ3) is 18.5. The molecule has 0 aromatic rings. The minimum Gasteiger partial charge on any atom is -0.421 e. The van der Waals surface area contributed by atoms with E-state index in [0.29, 0.717) is 53.6 Å². The first-order chi connectivity index (χ1) is 34.0. The number of nitrogens with one attached hydrogen (secondary N) is 1. The molecule has 0 radical (unpaired) electrons. The second kappa shape index (κ2) is 30.2. The molecule has 14 fully saturated rings. The zero-order chi connectivity index (χ0) is 54.3. The van der Waals surface area contributed by atoms with Crippen LogP contribution in [0.5, 0.6) is 0 Å². The van der Waals surface area contributed by atoms with Gasteiger partial charge >= 0.3 is 21.4 Å². The molecule has 2 saturated heterocycles. The molecule has 17 heteroatoms. The highest BCUT2D eigenvalue weighted by molar-refractivity contribution is 6.52. The van der Waals surface area contributed by atoms with Gasteiger partial charge in [0.1, 0.15) is 0 Å². The lowest BCUT2D eigenvalue weighted by molar-refractivity contribution is -0.185. The van der Waals surface area contributed by atoms with E-state index in [9.17, 15) is 4.79 Å². The van der Waals surface area contributed by atoms with Crippen LogP contribution in [-0.2, 0) is 23.4 Å². The highest BCUT2D eigenvalue weighted by Gasteiger charge is 2.75. The molecule has 412 valence electrons. The van der Waals surface area contributed by atoms with Gasteiger partial charge in [-0.25, -0.2) is 19.7 Å². The molecule has 4 bridgehead atoms. The van der Waals surface area contributed by atoms with Crippen molar-refractivity contribution in [1.82, 2.24) is 5.32 Å². The van der Waals surface area contributed by atoms with Gasteiger partial charge in [-0.3, -0.25) is 4.79 Å². The Balaban J connectivity index is 0.000000879. The highest BCUT2D eigenvalue weighted by Crippen LogP contribution is 2.67. The number of hydrogen-bond acceptors (Lipinski definition) is 9. The monoisotopic (exact) mass is 1050 g/mol. The van der Waals surface area contributed by atoms with E-state index in [2.05, 4.69) is 116 Å². The lowest BCUT2D eigenvalue weighted by Crippen LogP contribution is -2.63. The predicted molar refractivity (Wildman–Crippen MR) is 309 cm³/mol. The molecule has 75 heavy (non-hydrogen) atoms. The van der Waals surface area contributed by atoms with Gasteiger partial charge in [-0.15, -0.1) is 55.9 Å². The molecule has 13 nitrogen and oxygen atoms in total. The topological polar surface area (TPSA) is 172 Å². The number of nitrogens with two attached hydrogens (primary N) is 2. The largest absolute Gasteiger partial charge is 0.555 e. The zero-order valence-corrected chi connectivity index (χ0v) is 46.3. The number of terminal acetylenes is 3. The Hall–Kier alpha value is -4.10. The van der Waals surface area contributed by atoms with E-state index in [1.54, 1.807) is 13.8 Å². The molecule has 14 aliphatic rings. The molecule has 8 atom stereocenters. The van der Waals surface area contributed by atoms with Crippen molar-refractivity contribution < 1.29 is 33.5 Å². The van der Waals surface area contributed by atoms with Gasteiger partial charge in [0.25, 0.3) is 10.9 Å². The van der Waals surface area contributed by atoms with Crippen LogP contribution >= 0.6 is 12.4 Å². The SMILES string of the molecule is C.C.C#C.C#CC.C#CC#CC.CC#CC.CC1(C)C2C[C@H]1[C@H]1OB(C3(N)CC3)O[C@@]1(C)C2.Cl.NC1CC1.O=CNC1CC1.[C-]#[N+]C1(B(O)O)CC1.[C-]#[N+]C1(B2O[C@@H]3[C@@H]4CC(C[C@]3(C)O2)C4(C)C)CC1.[C-]#[N+]C1CC1. The lowest BCUT2D eigenvalue weighted by atomic mass is 9.45. The fourth-order valence-corrected chi connectivity index (χ4v) is 10.1. The predicted octanol–water partition coefficient (Wildman–Crippen LogP) is 9.23. The summed E-state index contributed by atoms with van der Waals surface area (Å²) in [6.45, 7) is 41.1. The quantitative estimate of drug-likeness (QED) is 0.0780. The van der Waals surface area contributed by atoms with Crippen LogP contribution in [0.2, 0.25) is 0 Å². The summed E-state index contributed by atoms with van der Waals surface area (Å²) in [5, 5.41) is 19.6. The van der Waals surface area contributed by atoms with Gasteiger partial charge in [-0.2, -0.15) is 0 Å². The van der Waals surface area contributed by atoms with Crippen molar-refractivity contribution in [3.05, 3.63) is 34.3 Å². The normalized spacial score (nSPS) is 31.3. The number of halogens is 1. The third-order valence-electron chi connectivity index (χ3n) is 16.5. The molecule has 2 unspecified atom stereocenters. The minimum absolute atomic E-state index is 0. The average Bonchev–Trinajstić information content (AvgIpc) is 4.12. The number of amides is 1. The Morgan fingerprint density at radius 3 is 1.35 bits per heavy atom. The van der Waals surface area contributed by atoms with Crippen molar-refractivity contribution in [2.75, 3.05) is 0 Å². The molecule has 0 aromatic heterocycles. The maximum Gasteiger partial charge on any atom is 0.555 e. The van der Waals surface area contributed by atoms with Crippen molar-refractivity contribution in [3.63, 3.8) is 0 Å². The van der Waals surface area contributed by atoms with Gasteiger partial charge in [0.05, 0.1) is 28.8 Å². The highest BCUT2D eigenvalue weighted by atomic mass is 35.5. The summed E-state index contributed by atoms with van der Waals surface area (Å²) in [6, 6.07) is 1.54. The molecule has 2 heterocycles. The Bertz CT molecular complexity index is 2180.